The molecule has 0 atom stereocenters. The van der Waals surface area contributed by atoms with Gasteiger partial charge in [0.25, 0.3) is 0 Å². The third kappa shape index (κ3) is 5.02. The zero-order chi connectivity index (χ0) is 22.5. The average molecular weight is 497 g/mol. The Hall–Kier alpha value is -3.13. The van der Waals surface area contributed by atoms with Crippen LogP contribution in [0.15, 0.2) is 59.1 Å². The van der Waals surface area contributed by atoms with E-state index in [4.69, 9.17) is 9.47 Å². The maximum Gasteiger partial charge on any atom is 0.227 e. The first-order valence-electron chi connectivity index (χ1n) is 10.4. The van der Waals surface area contributed by atoms with Crippen LogP contribution in [-0.2, 0) is 11.2 Å². The molecule has 0 saturated carbocycles. The molecule has 0 unspecified atom stereocenters. The summed E-state index contributed by atoms with van der Waals surface area (Å²) in [5.74, 6) is 2.30. The number of piperazine rings is 1. The van der Waals surface area contributed by atoms with Gasteiger partial charge < -0.3 is 19.3 Å². The molecule has 7 nitrogen and oxygen atoms in total. The van der Waals surface area contributed by atoms with Gasteiger partial charge in [0.1, 0.15) is 0 Å². The predicted molar refractivity (Wildman–Crippen MR) is 127 cm³/mol. The minimum Gasteiger partial charge on any atom is -0.493 e. The smallest absolute Gasteiger partial charge is 0.227 e. The molecule has 2 heterocycles. The van der Waals surface area contributed by atoms with Crippen LogP contribution in [0.25, 0.3) is 11.3 Å². The van der Waals surface area contributed by atoms with Crippen LogP contribution >= 0.6 is 15.9 Å². The molecule has 2 aromatic carbocycles. The molecule has 1 aromatic heterocycles. The highest BCUT2D eigenvalue weighted by Gasteiger charge is 2.22. The lowest BCUT2D eigenvalue weighted by molar-refractivity contribution is -0.130. The molecule has 1 aliphatic rings. The molecule has 166 valence electrons. The monoisotopic (exact) mass is 496 g/mol. The number of hydrogen-bond donors (Lipinski definition) is 0. The summed E-state index contributed by atoms with van der Waals surface area (Å²) in [6, 6.07) is 17.5. The molecule has 3 aromatic rings. The van der Waals surface area contributed by atoms with E-state index in [9.17, 15) is 4.79 Å². The topological polar surface area (TPSA) is 67.8 Å². The quantitative estimate of drug-likeness (QED) is 0.516. The molecular formula is C24H25BrN4O3. The van der Waals surface area contributed by atoms with Crippen LogP contribution in [0.1, 0.15) is 5.56 Å². The van der Waals surface area contributed by atoms with Crippen LogP contribution < -0.4 is 14.4 Å². The molecule has 0 aliphatic carbocycles. The second-order valence-corrected chi connectivity index (χ2v) is 8.43. The molecule has 1 fully saturated rings. The number of ether oxygens (including phenoxy) is 2. The van der Waals surface area contributed by atoms with Crippen molar-refractivity contribution in [3.8, 4) is 22.8 Å². The highest BCUT2D eigenvalue weighted by molar-refractivity contribution is 9.10. The van der Waals surface area contributed by atoms with Crippen LogP contribution in [0.5, 0.6) is 11.5 Å². The van der Waals surface area contributed by atoms with E-state index in [1.54, 1.807) is 14.2 Å². The van der Waals surface area contributed by atoms with Crippen molar-refractivity contribution in [3.05, 3.63) is 64.6 Å². The Morgan fingerprint density at radius 3 is 2.25 bits per heavy atom. The van der Waals surface area contributed by atoms with Crippen LogP contribution in [0.4, 0.5) is 5.82 Å². The van der Waals surface area contributed by atoms with Crippen LogP contribution in [0.3, 0.4) is 0 Å². The maximum absolute atomic E-state index is 12.6. The number of amides is 1. The zero-order valence-corrected chi connectivity index (χ0v) is 19.7. The van der Waals surface area contributed by atoms with Crippen molar-refractivity contribution >= 4 is 27.7 Å². The molecule has 8 heteroatoms. The number of aromatic nitrogens is 2. The summed E-state index contributed by atoms with van der Waals surface area (Å²) in [4.78, 5) is 16.7. The normalized spacial score (nSPS) is 13.7. The highest BCUT2D eigenvalue weighted by atomic mass is 79.9. The molecule has 1 saturated heterocycles. The number of benzene rings is 2. The predicted octanol–water partition coefficient (Wildman–Crippen LogP) is 3.81. The molecule has 0 bridgehead atoms. The van der Waals surface area contributed by atoms with Crippen molar-refractivity contribution in [2.45, 2.75) is 6.42 Å². The van der Waals surface area contributed by atoms with Gasteiger partial charge in [0.05, 0.1) is 26.3 Å². The van der Waals surface area contributed by atoms with Crippen molar-refractivity contribution in [2.75, 3.05) is 45.3 Å². The van der Waals surface area contributed by atoms with E-state index in [1.807, 2.05) is 59.5 Å². The summed E-state index contributed by atoms with van der Waals surface area (Å²) in [7, 11) is 3.22. The lowest BCUT2D eigenvalue weighted by atomic mass is 10.1. The molecule has 0 N–H and O–H groups in total. The van der Waals surface area contributed by atoms with Crippen LogP contribution in [0.2, 0.25) is 0 Å². The molecule has 1 amide bonds. The molecule has 1 aliphatic heterocycles. The third-order valence-corrected chi connectivity index (χ3v) is 6.08. The second-order valence-electron chi connectivity index (χ2n) is 7.52. The van der Waals surface area contributed by atoms with Gasteiger partial charge in [-0.25, -0.2) is 0 Å². The van der Waals surface area contributed by atoms with E-state index in [-0.39, 0.29) is 5.91 Å². The highest BCUT2D eigenvalue weighted by Crippen LogP contribution is 2.31. The lowest BCUT2D eigenvalue weighted by Gasteiger charge is -2.35. The minimum absolute atomic E-state index is 0.154. The zero-order valence-electron chi connectivity index (χ0n) is 18.1. The maximum atomic E-state index is 12.6. The first kappa shape index (κ1) is 22.1. The molecule has 4 rings (SSSR count). The van der Waals surface area contributed by atoms with E-state index in [0.29, 0.717) is 31.0 Å². The van der Waals surface area contributed by atoms with Crippen molar-refractivity contribution in [1.29, 1.82) is 0 Å². The standard InChI is InChI=1S/C24H25BrN4O3/c1-31-21-9-5-18(16-22(21)32-2)20-8-10-23(27-26-20)28-11-13-29(14-12-28)24(30)15-17-3-6-19(25)7-4-17/h3-10,16H,11-15H2,1-2H3. The van der Waals surface area contributed by atoms with E-state index >= 15 is 0 Å². The average Bonchev–Trinajstić information content (AvgIpc) is 2.85. The van der Waals surface area contributed by atoms with Gasteiger partial charge in [0.15, 0.2) is 17.3 Å². The SMILES string of the molecule is COc1ccc(-c2ccc(N3CCN(C(=O)Cc4ccc(Br)cc4)CC3)nn2)cc1OC. The van der Waals surface area contributed by atoms with E-state index in [2.05, 4.69) is 31.0 Å². The van der Waals surface area contributed by atoms with E-state index in [1.165, 1.54) is 0 Å². The molecule has 0 radical (unpaired) electrons. The number of carbonyl (C=O) groups is 1. The summed E-state index contributed by atoms with van der Waals surface area (Å²) in [6.45, 7) is 2.82. The number of hydrogen-bond acceptors (Lipinski definition) is 6. The first-order valence-corrected chi connectivity index (χ1v) is 11.2. The fourth-order valence-corrected chi connectivity index (χ4v) is 3.98. The van der Waals surface area contributed by atoms with Gasteiger partial charge in [0, 0.05) is 36.2 Å². The summed E-state index contributed by atoms with van der Waals surface area (Å²) in [5, 5.41) is 8.82. The Bertz CT molecular complexity index is 1070. The number of anilines is 1. The fraction of sp³-hybridized carbons (Fsp3) is 0.292. The van der Waals surface area contributed by atoms with Gasteiger partial charge in [-0.05, 0) is 48.0 Å². The van der Waals surface area contributed by atoms with Gasteiger partial charge in [-0.15, -0.1) is 10.2 Å². The Morgan fingerprint density at radius 2 is 1.62 bits per heavy atom. The van der Waals surface area contributed by atoms with E-state index in [0.717, 1.165) is 40.2 Å². The van der Waals surface area contributed by atoms with Gasteiger partial charge >= 0.3 is 0 Å². The van der Waals surface area contributed by atoms with Gasteiger partial charge in [-0.2, -0.15) is 0 Å². The molecule has 0 spiro atoms. The van der Waals surface area contributed by atoms with Gasteiger partial charge in [-0.1, -0.05) is 28.1 Å². The Balaban J connectivity index is 1.36. The lowest BCUT2D eigenvalue weighted by Crippen LogP contribution is -2.49. The number of methoxy groups -OCH3 is 2. The van der Waals surface area contributed by atoms with Gasteiger partial charge in [0.2, 0.25) is 5.91 Å². The molecular weight excluding hydrogens is 472 g/mol. The first-order chi connectivity index (χ1) is 15.6. The minimum atomic E-state index is 0.154. The fourth-order valence-electron chi connectivity index (χ4n) is 3.72. The Labute approximate surface area is 196 Å². The Morgan fingerprint density at radius 1 is 0.906 bits per heavy atom. The van der Waals surface area contributed by atoms with Crippen molar-refractivity contribution in [3.63, 3.8) is 0 Å². The second kappa shape index (κ2) is 9.99. The van der Waals surface area contributed by atoms with Crippen LogP contribution in [0, 0.1) is 0 Å². The van der Waals surface area contributed by atoms with Crippen molar-refractivity contribution in [1.82, 2.24) is 15.1 Å². The van der Waals surface area contributed by atoms with E-state index < -0.39 is 0 Å². The third-order valence-electron chi connectivity index (χ3n) is 5.55. The van der Waals surface area contributed by atoms with Crippen molar-refractivity contribution in [2.24, 2.45) is 0 Å². The number of carbonyl (C=O) groups excluding carboxylic acids is 1. The summed E-state index contributed by atoms with van der Waals surface area (Å²) in [6.07, 6.45) is 0.424. The number of nitrogens with zero attached hydrogens (tertiary/aromatic N) is 4. The summed E-state index contributed by atoms with van der Waals surface area (Å²) in [5.41, 5.74) is 2.69. The molecule has 32 heavy (non-hydrogen) atoms. The number of rotatable bonds is 6. The summed E-state index contributed by atoms with van der Waals surface area (Å²) < 4.78 is 11.7. The van der Waals surface area contributed by atoms with Crippen LogP contribution in [-0.4, -0.2) is 61.4 Å². The largest absolute Gasteiger partial charge is 0.493 e. The van der Waals surface area contributed by atoms with Crippen molar-refractivity contribution < 1.29 is 14.3 Å². The number of halogens is 1. The Kier molecular flexibility index (Phi) is 6.90. The summed E-state index contributed by atoms with van der Waals surface area (Å²) >= 11 is 3.42. The van der Waals surface area contributed by atoms with Gasteiger partial charge in [-0.3, -0.25) is 4.79 Å².